The van der Waals surface area contributed by atoms with Crippen LogP contribution in [0.2, 0.25) is 0 Å². The van der Waals surface area contributed by atoms with E-state index in [1.54, 1.807) is 0 Å². The fourth-order valence-corrected chi connectivity index (χ4v) is 1.28. The largest absolute Gasteiger partial charge is 0.458 e. The van der Waals surface area contributed by atoms with Gasteiger partial charge in [0.15, 0.2) is 0 Å². The molecule has 0 heterocycles. The van der Waals surface area contributed by atoms with Gasteiger partial charge in [-0.05, 0) is 27.2 Å². The van der Waals surface area contributed by atoms with E-state index in [0.29, 0.717) is 6.42 Å². The van der Waals surface area contributed by atoms with E-state index in [0.717, 1.165) is 12.8 Å². The number of hydrogen-bond donors (Lipinski definition) is 1. The van der Waals surface area contributed by atoms with E-state index in [1.165, 1.54) is 6.92 Å². The molecule has 16 heavy (non-hydrogen) atoms. The lowest BCUT2D eigenvalue weighted by molar-refractivity contribution is -0.158. The van der Waals surface area contributed by atoms with Crippen molar-refractivity contribution < 1.29 is 14.3 Å². The standard InChI is InChI=1S/C12H23NO3/c1-6-7-8-10(13-9(2)14)11(15)16-12(3,4)5/h10H,6-8H2,1-5H3,(H,13,14). The first-order chi connectivity index (χ1) is 7.26. The highest BCUT2D eigenvalue weighted by Gasteiger charge is 2.25. The van der Waals surface area contributed by atoms with Crippen LogP contribution in [-0.4, -0.2) is 23.5 Å². The van der Waals surface area contributed by atoms with Crippen LogP contribution >= 0.6 is 0 Å². The second-order valence-corrected chi connectivity index (χ2v) is 4.93. The monoisotopic (exact) mass is 229 g/mol. The summed E-state index contributed by atoms with van der Waals surface area (Å²) in [4.78, 5) is 22.7. The molecule has 0 rings (SSSR count). The number of hydrogen-bond acceptors (Lipinski definition) is 3. The third-order valence-corrected chi connectivity index (χ3v) is 1.92. The lowest BCUT2D eigenvalue weighted by Crippen LogP contribution is -2.43. The van der Waals surface area contributed by atoms with Gasteiger partial charge < -0.3 is 10.1 Å². The molecule has 4 heteroatoms. The molecule has 0 aliphatic carbocycles. The van der Waals surface area contributed by atoms with Gasteiger partial charge in [0, 0.05) is 6.92 Å². The number of nitrogens with one attached hydrogen (secondary N) is 1. The van der Waals surface area contributed by atoms with Crippen LogP contribution in [0, 0.1) is 0 Å². The van der Waals surface area contributed by atoms with Gasteiger partial charge in [-0.15, -0.1) is 0 Å². The van der Waals surface area contributed by atoms with Crippen molar-refractivity contribution in [1.82, 2.24) is 5.32 Å². The molecule has 0 aliphatic rings. The maximum Gasteiger partial charge on any atom is 0.329 e. The predicted molar refractivity (Wildman–Crippen MR) is 63.0 cm³/mol. The molecular formula is C12H23NO3. The van der Waals surface area contributed by atoms with Crippen molar-refractivity contribution in [3.63, 3.8) is 0 Å². The van der Waals surface area contributed by atoms with Gasteiger partial charge in [0.1, 0.15) is 11.6 Å². The predicted octanol–water partition coefficient (Wildman–Crippen LogP) is 2.02. The summed E-state index contributed by atoms with van der Waals surface area (Å²) in [7, 11) is 0. The second kappa shape index (κ2) is 6.51. The van der Waals surface area contributed by atoms with Crippen LogP contribution in [0.5, 0.6) is 0 Å². The van der Waals surface area contributed by atoms with Gasteiger partial charge in [-0.25, -0.2) is 4.79 Å². The van der Waals surface area contributed by atoms with Crippen molar-refractivity contribution in [2.45, 2.75) is 65.5 Å². The van der Waals surface area contributed by atoms with Gasteiger partial charge in [0.05, 0.1) is 0 Å². The third kappa shape index (κ3) is 7.26. The molecule has 0 aliphatic heterocycles. The Balaban J connectivity index is 4.37. The van der Waals surface area contributed by atoms with Crippen LogP contribution in [0.4, 0.5) is 0 Å². The maximum absolute atomic E-state index is 11.8. The van der Waals surface area contributed by atoms with Crippen molar-refractivity contribution in [1.29, 1.82) is 0 Å². The van der Waals surface area contributed by atoms with Crippen LogP contribution in [-0.2, 0) is 14.3 Å². The lowest BCUT2D eigenvalue weighted by atomic mass is 10.1. The van der Waals surface area contributed by atoms with E-state index < -0.39 is 11.6 Å². The number of unbranched alkanes of at least 4 members (excludes halogenated alkanes) is 1. The number of carbonyl (C=O) groups excluding carboxylic acids is 2. The molecule has 0 aromatic rings. The Morgan fingerprint density at radius 3 is 2.25 bits per heavy atom. The first-order valence-corrected chi connectivity index (χ1v) is 5.76. The number of esters is 1. The van der Waals surface area contributed by atoms with E-state index >= 15 is 0 Å². The van der Waals surface area contributed by atoms with Gasteiger partial charge in [0.2, 0.25) is 5.91 Å². The molecular weight excluding hydrogens is 206 g/mol. The first kappa shape index (κ1) is 14.9. The minimum absolute atomic E-state index is 0.202. The highest BCUT2D eigenvalue weighted by atomic mass is 16.6. The van der Waals surface area contributed by atoms with Gasteiger partial charge >= 0.3 is 5.97 Å². The molecule has 1 unspecified atom stereocenters. The zero-order valence-corrected chi connectivity index (χ0v) is 10.9. The lowest BCUT2D eigenvalue weighted by Gasteiger charge is -2.24. The molecule has 94 valence electrons. The van der Waals surface area contributed by atoms with Crippen LogP contribution in [0.1, 0.15) is 53.9 Å². The van der Waals surface area contributed by atoms with Crippen molar-refractivity contribution in [2.24, 2.45) is 0 Å². The second-order valence-electron chi connectivity index (χ2n) is 4.93. The zero-order valence-electron chi connectivity index (χ0n) is 10.9. The first-order valence-electron chi connectivity index (χ1n) is 5.76. The summed E-state index contributed by atoms with van der Waals surface area (Å²) in [5, 5.41) is 2.62. The normalized spacial score (nSPS) is 13.1. The van der Waals surface area contributed by atoms with Crippen LogP contribution in [0.3, 0.4) is 0 Å². The van der Waals surface area contributed by atoms with Gasteiger partial charge in [-0.1, -0.05) is 19.8 Å². The SMILES string of the molecule is CCCCC(NC(C)=O)C(=O)OC(C)(C)C. The molecule has 1 atom stereocenters. The van der Waals surface area contributed by atoms with Crippen LogP contribution < -0.4 is 5.32 Å². The van der Waals surface area contributed by atoms with Crippen LogP contribution in [0.25, 0.3) is 0 Å². The Bertz CT molecular complexity index is 243. The number of rotatable bonds is 5. The minimum atomic E-state index is -0.517. The zero-order chi connectivity index (χ0) is 12.8. The topological polar surface area (TPSA) is 55.4 Å². The van der Waals surface area contributed by atoms with E-state index in [2.05, 4.69) is 5.32 Å². The molecule has 0 aromatic heterocycles. The van der Waals surface area contributed by atoms with Crippen LogP contribution in [0.15, 0.2) is 0 Å². The van der Waals surface area contributed by atoms with Gasteiger partial charge in [-0.3, -0.25) is 4.79 Å². The summed E-state index contributed by atoms with van der Waals surface area (Å²) >= 11 is 0. The van der Waals surface area contributed by atoms with E-state index in [9.17, 15) is 9.59 Å². The molecule has 0 saturated heterocycles. The Morgan fingerprint density at radius 1 is 1.31 bits per heavy atom. The molecule has 1 amide bonds. The molecule has 0 saturated carbocycles. The van der Waals surface area contributed by atoms with Gasteiger partial charge in [-0.2, -0.15) is 0 Å². The minimum Gasteiger partial charge on any atom is -0.458 e. The average molecular weight is 229 g/mol. The number of amides is 1. The number of ether oxygens (including phenoxy) is 1. The summed E-state index contributed by atoms with van der Waals surface area (Å²) in [5.74, 6) is -0.553. The maximum atomic E-state index is 11.8. The molecule has 4 nitrogen and oxygen atoms in total. The third-order valence-electron chi connectivity index (χ3n) is 1.92. The Labute approximate surface area is 97.7 Å². The van der Waals surface area contributed by atoms with E-state index in [-0.39, 0.29) is 11.9 Å². The molecule has 0 bridgehead atoms. The average Bonchev–Trinajstić information content (AvgIpc) is 2.08. The van der Waals surface area contributed by atoms with Crippen molar-refractivity contribution in [2.75, 3.05) is 0 Å². The quantitative estimate of drug-likeness (QED) is 0.734. The molecule has 1 N–H and O–H groups in total. The summed E-state index contributed by atoms with van der Waals surface area (Å²) in [6.07, 6.45) is 2.51. The van der Waals surface area contributed by atoms with Crippen molar-refractivity contribution >= 4 is 11.9 Å². The Kier molecular flexibility index (Phi) is 6.08. The Morgan fingerprint density at radius 2 is 1.88 bits per heavy atom. The highest BCUT2D eigenvalue weighted by Crippen LogP contribution is 2.11. The van der Waals surface area contributed by atoms with Crippen molar-refractivity contribution in [3.8, 4) is 0 Å². The summed E-state index contributed by atoms with van der Waals surface area (Å²) < 4.78 is 5.24. The molecule has 0 spiro atoms. The molecule has 0 aromatic carbocycles. The van der Waals surface area contributed by atoms with E-state index in [4.69, 9.17) is 4.74 Å². The van der Waals surface area contributed by atoms with Crippen molar-refractivity contribution in [3.05, 3.63) is 0 Å². The summed E-state index contributed by atoms with van der Waals surface area (Å²) in [6.45, 7) is 8.89. The Hall–Kier alpha value is -1.06. The number of carbonyl (C=O) groups is 2. The van der Waals surface area contributed by atoms with Gasteiger partial charge in [0.25, 0.3) is 0 Å². The highest BCUT2D eigenvalue weighted by molar-refractivity contribution is 5.83. The molecule has 0 fully saturated rings. The fraction of sp³-hybridized carbons (Fsp3) is 0.833. The summed E-state index contributed by atoms with van der Waals surface area (Å²) in [5.41, 5.74) is -0.514. The summed E-state index contributed by atoms with van der Waals surface area (Å²) in [6, 6.07) is -0.517. The molecule has 0 radical (unpaired) electrons. The smallest absolute Gasteiger partial charge is 0.329 e. The fourth-order valence-electron chi connectivity index (χ4n) is 1.28. The van der Waals surface area contributed by atoms with E-state index in [1.807, 2.05) is 27.7 Å².